The minimum Gasteiger partial charge on any atom is -0.488 e. The van der Waals surface area contributed by atoms with Gasteiger partial charge in [-0.25, -0.2) is 4.98 Å². The van der Waals surface area contributed by atoms with E-state index >= 15 is 0 Å². The van der Waals surface area contributed by atoms with Gasteiger partial charge in [-0.05, 0) is 29.1 Å². The molecular formula is C16H14N2O. The summed E-state index contributed by atoms with van der Waals surface area (Å²) in [6.45, 7) is 0.487. The molecule has 3 aromatic rings. The van der Waals surface area contributed by atoms with Crippen LogP contribution in [0.4, 0.5) is 5.82 Å². The molecule has 0 unspecified atom stereocenters. The van der Waals surface area contributed by atoms with Crippen LogP contribution in [-0.4, -0.2) is 4.98 Å². The van der Waals surface area contributed by atoms with Crippen molar-refractivity contribution in [2.75, 3.05) is 5.73 Å². The van der Waals surface area contributed by atoms with Crippen LogP contribution in [0.2, 0.25) is 0 Å². The smallest absolute Gasteiger partial charge is 0.127 e. The van der Waals surface area contributed by atoms with Gasteiger partial charge in [0.25, 0.3) is 0 Å². The van der Waals surface area contributed by atoms with Crippen molar-refractivity contribution < 1.29 is 4.74 Å². The second-order valence-corrected chi connectivity index (χ2v) is 4.35. The van der Waals surface area contributed by atoms with Crippen LogP contribution in [0.15, 0.2) is 60.8 Å². The highest BCUT2D eigenvalue weighted by molar-refractivity contribution is 5.88. The highest BCUT2D eigenvalue weighted by atomic mass is 16.5. The molecule has 0 aliphatic heterocycles. The van der Waals surface area contributed by atoms with Crippen LogP contribution in [0.1, 0.15) is 5.56 Å². The van der Waals surface area contributed by atoms with Gasteiger partial charge >= 0.3 is 0 Å². The summed E-state index contributed by atoms with van der Waals surface area (Å²) in [6, 6.07) is 18.0. The number of nitrogens with zero attached hydrogens (tertiary/aromatic N) is 1. The maximum Gasteiger partial charge on any atom is 0.127 e. The first-order valence-electron chi connectivity index (χ1n) is 6.14. The summed E-state index contributed by atoms with van der Waals surface area (Å²) in [4.78, 5) is 3.97. The number of pyridine rings is 1. The molecule has 0 aliphatic rings. The van der Waals surface area contributed by atoms with E-state index in [4.69, 9.17) is 10.5 Å². The summed E-state index contributed by atoms with van der Waals surface area (Å²) in [5.74, 6) is 1.40. The molecule has 1 aromatic heterocycles. The number of rotatable bonds is 3. The van der Waals surface area contributed by atoms with Crippen LogP contribution in [0.5, 0.6) is 5.75 Å². The number of benzene rings is 2. The predicted molar refractivity (Wildman–Crippen MR) is 76.9 cm³/mol. The predicted octanol–water partition coefficient (Wildman–Crippen LogP) is 3.40. The van der Waals surface area contributed by atoms with Gasteiger partial charge in [0.05, 0.1) is 0 Å². The third kappa shape index (κ3) is 2.50. The average molecular weight is 250 g/mol. The van der Waals surface area contributed by atoms with Gasteiger partial charge in [0.1, 0.15) is 18.2 Å². The van der Waals surface area contributed by atoms with Crippen LogP contribution >= 0.6 is 0 Å². The Morgan fingerprint density at radius 2 is 1.84 bits per heavy atom. The van der Waals surface area contributed by atoms with Crippen LogP contribution in [0.3, 0.4) is 0 Å². The van der Waals surface area contributed by atoms with Crippen LogP contribution < -0.4 is 10.5 Å². The van der Waals surface area contributed by atoms with E-state index in [0.29, 0.717) is 12.4 Å². The van der Waals surface area contributed by atoms with Crippen molar-refractivity contribution in [1.29, 1.82) is 0 Å². The standard InChI is InChI=1S/C16H14N2O/c17-16-10-12(8-9-18-16)11-19-15-7-3-5-13-4-1-2-6-14(13)15/h1-10H,11H2,(H2,17,18). The Morgan fingerprint density at radius 3 is 2.74 bits per heavy atom. The largest absolute Gasteiger partial charge is 0.488 e. The van der Waals surface area contributed by atoms with Gasteiger partial charge in [0, 0.05) is 11.6 Å². The molecule has 3 rings (SSSR count). The van der Waals surface area contributed by atoms with E-state index in [-0.39, 0.29) is 0 Å². The second kappa shape index (κ2) is 4.98. The number of aromatic nitrogens is 1. The van der Waals surface area contributed by atoms with Gasteiger partial charge in [-0.15, -0.1) is 0 Å². The maximum absolute atomic E-state index is 5.88. The fourth-order valence-corrected chi connectivity index (χ4v) is 2.07. The average Bonchev–Trinajstić information content (AvgIpc) is 2.45. The fourth-order valence-electron chi connectivity index (χ4n) is 2.07. The number of anilines is 1. The lowest BCUT2D eigenvalue weighted by atomic mass is 10.1. The Balaban J connectivity index is 1.86. The zero-order chi connectivity index (χ0) is 13.1. The van der Waals surface area contributed by atoms with Crippen LogP contribution in [0.25, 0.3) is 10.8 Å². The second-order valence-electron chi connectivity index (χ2n) is 4.35. The van der Waals surface area contributed by atoms with E-state index in [0.717, 1.165) is 16.7 Å². The Bertz CT molecular complexity index is 704. The summed E-state index contributed by atoms with van der Waals surface area (Å²) in [5.41, 5.74) is 6.67. The highest BCUT2D eigenvalue weighted by Crippen LogP contribution is 2.25. The molecule has 0 saturated heterocycles. The first-order valence-corrected chi connectivity index (χ1v) is 6.14. The molecule has 3 heteroatoms. The Kier molecular flexibility index (Phi) is 3.02. The lowest BCUT2D eigenvalue weighted by Crippen LogP contribution is -1.98. The normalized spacial score (nSPS) is 10.5. The summed E-state index contributed by atoms with van der Waals surface area (Å²) in [7, 11) is 0. The van der Waals surface area contributed by atoms with Gasteiger partial charge in [-0.1, -0.05) is 36.4 Å². The van der Waals surface area contributed by atoms with Crippen molar-refractivity contribution in [3.63, 3.8) is 0 Å². The lowest BCUT2D eigenvalue weighted by molar-refractivity contribution is 0.310. The van der Waals surface area contributed by atoms with Gasteiger partial charge in [-0.3, -0.25) is 0 Å². The van der Waals surface area contributed by atoms with Crippen molar-refractivity contribution in [3.05, 3.63) is 66.4 Å². The van der Waals surface area contributed by atoms with E-state index in [1.54, 1.807) is 6.20 Å². The quantitative estimate of drug-likeness (QED) is 0.775. The van der Waals surface area contributed by atoms with Crippen molar-refractivity contribution in [1.82, 2.24) is 4.98 Å². The summed E-state index contributed by atoms with van der Waals surface area (Å²) in [6.07, 6.45) is 1.69. The molecular weight excluding hydrogens is 236 g/mol. The molecule has 0 spiro atoms. The molecule has 0 bridgehead atoms. The number of hydrogen-bond donors (Lipinski definition) is 1. The third-order valence-corrected chi connectivity index (χ3v) is 2.99. The molecule has 0 amide bonds. The third-order valence-electron chi connectivity index (χ3n) is 2.99. The van der Waals surface area contributed by atoms with Gasteiger partial charge < -0.3 is 10.5 Å². The van der Waals surface area contributed by atoms with Gasteiger partial charge in [-0.2, -0.15) is 0 Å². The Morgan fingerprint density at radius 1 is 1.00 bits per heavy atom. The minimum atomic E-state index is 0.487. The molecule has 0 saturated carbocycles. The Hall–Kier alpha value is -2.55. The zero-order valence-corrected chi connectivity index (χ0v) is 10.4. The number of ether oxygens (including phenoxy) is 1. The summed E-state index contributed by atoms with van der Waals surface area (Å²) < 4.78 is 5.88. The molecule has 94 valence electrons. The van der Waals surface area contributed by atoms with Gasteiger partial charge in [0.2, 0.25) is 0 Å². The lowest BCUT2D eigenvalue weighted by Gasteiger charge is -2.09. The first kappa shape index (κ1) is 11.5. The molecule has 1 heterocycles. The minimum absolute atomic E-state index is 0.487. The number of nitrogen functional groups attached to an aromatic ring is 1. The molecule has 0 radical (unpaired) electrons. The molecule has 0 aliphatic carbocycles. The number of hydrogen-bond acceptors (Lipinski definition) is 3. The number of nitrogens with two attached hydrogens (primary N) is 1. The van der Waals surface area contributed by atoms with E-state index in [2.05, 4.69) is 23.2 Å². The molecule has 0 atom stereocenters. The molecule has 19 heavy (non-hydrogen) atoms. The van der Waals surface area contributed by atoms with Crippen molar-refractivity contribution in [2.45, 2.75) is 6.61 Å². The molecule has 3 nitrogen and oxygen atoms in total. The highest BCUT2D eigenvalue weighted by Gasteiger charge is 2.02. The zero-order valence-electron chi connectivity index (χ0n) is 10.4. The van der Waals surface area contributed by atoms with E-state index < -0.39 is 0 Å². The molecule has 2 N–H and O–H groups in total. The maximum atomic E-state index is 5.88. The SMILES string of the molecule is Nc1cc(COc2cccc3ccccc23)ccn1. The summed E-state index contributed by atoms with van der Waals surface area (Å²) in [5, 5.41) is 2.29. The van der Waals surface area contributed by atoms with Crippen molar-refractivity contribution in [2.24, 2.45) is 0 Å². The van der Waals surface area contributed by atoms with Crippen LogP contribution in [-0.2, 0) is 6.61 Å². The first-order chi connectivity index (χ1) is 9.33. The van der Waals surface area contributed by atoms with Crippen LogP contribution in [0, 0.1) is 0 Å². The fraction of sp³-hybridized carbons (Fsp3) is 0.0625. The van der Waals surface area contributed by atoms with Crippen molar-refractivity contribution >= 4 is 16.6 Å². The Labute approximate surface area is 111 Å². The summed E-state index contributed by atoms with van der Waals surface area (Å²) >= 11 is 0. The number of fused-ring (bicyclic) bond motifs is 1. The van der Waals surface area contributed by atoms with E-state index in [1.165, 1.54) is 5.39 Å². The van der Waals surface area contributed by atoms with Gasteiger partial charge in [0.15, 0.2) is 0 Å². The monoisotopic (exact) mass is 250 g/mol. The van der Waals surface area contributed by atoms with Crippen molar-refractivity contribution in [3.8, 4) is 5.75 Å². The molecule has 2 aromatic carbocycles. The topological polar surface area (TPSA) is 48.1 Å². The van der Waals surface area contributed by atoms with E-state index in [9.17, 15) is 0 Å². The molecule has 0 fully saturated rings. The van der Waals surface area contributed by atoms with E-state index in [1.807, 2.05) is 36.4 Å².